The maximum absolute atomic E-state index is 13.2. The smallest absolute Gasteiger partial charge is 0.329 e. The molecule has 0 radical (unpaired) electrons. The standard InChI is InChI=1S/C23H23N3O3S/c1-4-17(22(28)29-5-2)26-19-12-8-9-13-20(19)30-23(26)24-21(27)16-14-25(3)18-11-7-6-10-15(16)18/h6-14,17H,4-5H2,1-3H3/b24-23+. The number of hydrogen-bond acceptors (Lipinski definition) is 4. The molecule has 30 heavy (non-hydrogen) atoms. The molecule has 7 heteroatoms. The molecule has 1 unspecified atom stereocenters. The monoisotopic (exact) mass is 421 g/mol. The minimum absolute atomic E-state index is 0.305. The topological polar surface area (TPSA) is 65.6 Å². The van der Waals surface area contributed by atoms with Gasteiger partial charge in [0.1, 0.15) is 6.04 Å². The highest BCUT2D eigenvalue weighted by Crippen LogP contribution is 2.24. The van der Waals surface area contributed by atoms with Crippen molar-refractivity contribution in [3.8, 4) is 0 Å². The average Bonchev–Trinajstić information content (AvgIpc) is 3.27. The number of fused-ring (bicyclic) bond motifs is 2. The first-order valence-corrected chi connectivity index (χ1v) is 10.8. The van der Waals surface area contributed by atoms with Crippen LogP contribution < -0.4 is 4.80 Å². The van der Waals surface area contributed by atoms with Crippen LogP contribution in [0.1, 0.15) is 36.7 Å². The molecule has 0 spiro atoms. The number of nitrogens with zero attached hydrogens (tertiary/aromatic N) is 3. The molecule has 0 aliphatic heterocycles. The Kier molecular flexibility index (Phi) is 5.55. The van der Waals surface area contributed by atoms with Crippen molar-refractivity contribution in [1.82, 2.24) is 9.13 Å². The SMILES string of the molecule is CCOC(=O)C(CC)n1/c(=N\C(=O)c2cn(C)c3ccccc23)sc2ccccc21. The number of amides is 1. The van der Waals surface area contributed by atoms with Crippen LogP contribution >= 0.6 is 11.3 Å². The lowest BCUT2D eigenvalue weighted by molar-refractivity contribution is -0.147. The first-order chi connectivity index (χ1) is 14.5. The first kappa shape index (κ1) is 20.1. The van der Waals surface area contributed by atoms with Crippen LogP contribution in [0.25, 0.3) is 21.1 Å². The molecule has 4 rings (SSSR count). The third kappa shape index (κ3) is 3.45. The molecule has 1 atom stereocenters. The lowest BCUT2D eigenvalue weighted by Crippen LogP contribution is -2.29. The van der Waals surface area contributed by atoms with Crippen molar-refractivity contribution in [2.24, 2.45) is 12.0 Å². The van der Waals surface area contributed by atoms with Gasteiger partial charge in [-0.15, -0.1) is 0 Å². The molecule has 0 N–H and O–H groups in total. The van der Waals surface area contributed by atoms with Gasteiger partial charge in [0.25, 0.3) is 5.91 Å². The summed E-state index contributed by atoms with van der Waals surface area (Å²) in [5.74, 6) is -0.645. The summed E-state index contributed by atoms with van der Waals surface area (Å²) in [4.78, 5) is 30.8. The van der Waals surface area contributed by atoms with Gasteiger partial charge in [0.2, 0.25) is 0 Å². The highest BCUT2D eigenvalue weighted by atomic mass is 32.1. The van der Waals surface area contributed by atoms with E-state index in [2.05, 4.69) is 4.99 Å². The van der Waals surface area contributed by atoms with Crippen LogP contribution in [0.5, 0.6) is 0 Å². The molecule has 0 fully saturated rings. The van der Waals surface area contributed by atoms with Gasteiger partial charge in [-0.3, -0.25) is 4.79 Å². The van der Waals surface area contributed by atoms with Gasteiger partial charge in [-0.05, 0) is 31.5 Å². The number of aromatic nitrogens is 2. The van der Waals surface area contributed by atoms with E-state index in [0.29, 0.717) is 23.4 Å². The molecule has 0 aliphatic rings. The van der Waals surface area contributed by atoms with E-state index in [0.717, 1.165) is 21.1 Å². The molecule has 4 aromatic rings. The summed E-state index contributed by atoms with van der Waals surface area (Å²) >= 11 is 1.40. The summed E-state index contributed by atoms with van der Waals surface area (Å²) in [7, 11) is 1.91. The number of rotatable bonds is 5. The summed E-state index contributed by atoms with van der Waals surface area (Å²) in [6.45, 7) is 4.02. The predicted octanol–water partition coefficient (Wildman–Crippen LogP) is 4.45. The number of carbonyl (C=O) groups excluding carboxylic acids is 2. The summed E-state index contributed by atoms with van der Waals surface area (Å²) in [6, 6.07) is 15.0. The Morgan fingerprint density at radius 1 is 1.07 bits per heavy atom. The maximum Gasteiger partial charge on any atom is 0.329 e. The molecule has 6 nitrogen and oxygen atoms in total. The number of esters is 1. The van der Waals surface area contributed by atoms with Gasteiger partial charge in [0, 0.05) is 24.1 Å². The number of ether oxygens (including phenoxy) is 1. The first-order valence-electron chi connectivity index (χ1n) is 9.95. The van der Waals surface area contributed by atoms with Crippen LogP contribution in [0.3, 0.4) is 0 Å². The molecule has 0 saturated heterocycles. The molecular weight excluding hydrogens is 398 g/mol. The van der Waals surface area contributed by atoms with E-state index in [-0.39, 0.29) is 11.9 Å². The molecule has 2 aromatic carbocycles. The summed E-state index contributed by atoms with van der Waals surface area (Å²) in [6.07, 6.45) is 2.34. The van der Waals surface area contributed by atoms with Crippen molar-refractivity contribution in [3.05, 3.63) is 65.1 Å². The summed E-state index contributed by atoms with van der Waals surface area (Å²) < 4.78 is 10.0. The Bertz CT molecular complexity index is 1310. The summed E-state index contributed by atoms with van der Waals surface area (Å²) in [5, 5.41) is 0.860. The van der Waals surface area contributed by atoms with Crippen molar-refractivity contribution in [3.63, 3.8) is 0 Å². The van der Waals surface area contributed by atoms with E-state index >= 15 is 0 Å². The zero-order valence-corrected chi connectivity index (χ0v) is 18.0. The average molecular weight is 422 g/mol. The normalized spacial score (nSPS) is 13.1. The molecular formula is C23H23N3O3S. The van der Waals surface area contributed by atoms with E-state index in [1.165, 1.54) is 11.3 Å². The molecule has 1 amide bonds. The fourth-order valence-electron chi connectivity index (χ4n) is 3.72. The van der Waals surface area contributed by atoms with E-state index in [9.17, 15) is 9.59 Å². The molecule has 0 bridgehead atoms. The van der Waals surface area contributed by atoms with Gasteiger partial charge in [-0.2, -0.15) is 4.99 Å². The van der Waals surface area contributed by atoms with E-state index in [1.807, 2.05) is 71.6 Å². The van der Waals surface area contributed by atoms with Crippen LogP contribution in [0.15, 0.2) is 59.7 Å². The van der Waals surface area contributed by atoms with Crippen LogP contribution in [0.4, 0.5) is 0 Å². The highest BCUT2D eigenvalue weighted by Gasteiger charge is 2.24. The van der Waals surface area contributed by atoms with Gasteiger partial charge in [-0.1, -0.05) is 48.6 Å². The van der Waals surface area contributed by atoms with E-state index in [4.69, 9.17) is 4.74 Å². The summed E-state index contributed by atoms with van der Waals surface area (Å²) in [5.41, 5.74) is 2.38. The lowest BCUT2D eigenvalue weighted by Gasteiger charge is -2.16. The number of hydrogen-bond donors (Lipinski definition) is 0. The van der Waals surface area contributed by atoms with Crippen molar-refractivity contribution in [2.75, 3.05) is 6.61 Å². The Hall–Kier alpha value is -3.19. The zero-order valence-electron chi connectivity index (χ0n) is 17.2. The minimum Gasteiger partial charge on any atom is -0.464 e. The molecule has 154 valence electrons. The number of thiazole rings is 1. The Labute approximate surface area is 178 Å². The maximum atomic E-state index is 13.2. The zero-order chi connectivity index (χ0) is 21.3. The highest BCUT2D eigenvalue weighted by molar-refractivity contribution is 7.16. The number of para-hydroxylation sites is 2. The van der Waals surface area contributed by atoms with Crippen molar-refractivity contribution in [1.29, 1.82) is 0 Å². The third-order valence-corrected chi connectivity index (χ3v) is 6.15. The minimum atomic E-state index is -0.542. The molecule has 2 aromatic heterocycles. The van der Waals surface area contributed by atoms with Crippen molar-refractivity contribution < 1.29 is 14.3 Å². The Morgan fingerprint density at radius 2 is 1.77 bits per heavy atom. The van der Waals surface area contributed by atoms with Gasteiger partial charge < -0.3 is 13.9 Å². The van der Waals surface area contributed by atoms with Gasteiger partial charge in [0.15, 0.2) is 4.80 Å². The van der Waals surface area contributed by atoms with Crippen molar-refractivity contribution >= 4 is 44.3 Å². The second-order valence-corrected chi connectivity index (χ2v) is 8.00. The Balaban J connectivity index is 1.90. The quantitative estimate of drug-likeness (QED) is 0.447. The molecule has 0 aliphatic carbocycles. The van der Waals surface area contributed by atoms with Crippen LogP contribution in [0.2, 0.25) is 0 Å². The molecule has 2 heterocycles. The van der Waals surface area contributed by atoms with E-state index < -0.39 is 6.04 Å². The second kappa shape index (κ2) is 8.28. The van der Waals surface area contributed by atoms with Crippen LogP contribution in [0, 0.1) is 0 Å². The van der Waals surface area contributed by atoms with Crippen molar-refractivity contribution in [2.45, 2.75) is 26.3 Å². The predicted molar refractivity (Wildman–Crippen MR) is 119 cm³/mol. The fourth-order valence-corrected chi connectivity index (χ4v) is 4.79. The molecule has 0 saturated carbocycles. The Morgan fingerprint density at radius 3 is 2.50 bits per heavy atom. The third-order valence-electron chi connectivity index (χ3n) is 5.11. The number of carbonyl (C=O) groups is 2. The number of aryl methyl sites for hydroxylation is 1. The van der Waals surface area contributed by atoms with E-state index in [1.54, 1.807) is 13.1 Å². The second-order valence-electron chi connectivity index (χ2n) is 6.99. The lowest BCUT2D eigenvalue weighted by atomic mass is 10.2. The fraction of sp³-hybridized carbons (Fsp3) is 0.261. The van der Waals surface area contributed by atoms with Crippen LogP contribution in [-0.2, 0) is 16.6 Å². The van der Waals surface area contributed by atoms with Gasteiger partial charge in [-0.25, -0.2) is 4.79 Å². The number of benzene rings is 2. The van der Waals surface area contributed by atoms with Gasteiger partial charge >= 0.3 is 5.97 Å². The van der Waals surface area contributed by atoms with Gasteiger partial charge in [0.05, 0.1) is 22.4 Å². The largest absolute Gasteiger partial charge is 0.464 e. The van der Waals surface area contributed by atoms with Crippen LogP contribution in [-0.4, -0.2) is 27.6 Å².